The Morgan fingerprint density at radius 3 is 1.75 bits per heavy atom. The summed E-state index contributed by atoms with van der Waals surface area (Å²) in [4.78, 5) is 0. The van der Waals surface area contributed by atoms with E-state index in [4.69, 9.17) is 0 Å². The summed E-state index contributed by atoms with van der Waals surface area (Å²) in [6.07, 6.45) is 5.05. The SMILES string of the molecule is CC1CCC(C(O)C2C(C)(C)C2(C)C)CC1. The average molecular weight is 224 g/mol. The van der Waals surface area contributed by atoms with Gasteiger partial charge in [0.05, 0.1) is 6.10 Å². The fraction of sp³-hybridized carbons (Fsp3) is 1.00. The molecule has 0 saturated heterocycles. The van der Waals surface area contributed by atoms with Crippen molar-refractivity contribution < 1.29 is 5.11 Å². The zero-order valence-electron chi connectivity index (χ0n) is 11.6. The summed E-state index contributed by atoms with van der Waals surface area (Å²) >= 11 is 0. The van der Waals surface area contributed by atoms with E-state index in [9.17, 15) is 5.11 Å². The van der Waals surface area contributed by atoms with Gasteiger partial charge in [0.1, 0.15) is 0 Å². The van der Waals surface area contributed by atoms with Gasteiger partial charge in [0, 0.05) is 0 Å². The van der Waals surface area contributed by atoms with Crippen molar-refractivity contribution in [2.75, 3.05) is 0 Å². The van der Waals surface area contributed by atoms with Crippen LogP contribution in [0.3, 0.4) is 0 Å². The van der Waals surface area contributed by atoms with E-state index in [1.807, 2.05) is 0 Å². The highest BCUT2D eigenvalue weighted by Crippen LogP contribution is 2.70. The maximum Gasteiger partial charge on any atom is 0.0607 e. The molecule has 0 aromatic heterocycles. The minimum absolute atomic E-state index is 0.0579. The first-order valence-corrected chi connectivity index (χ1v) is 6.96. The normalized spacial score (nSPS) is 39.4. The minimum atomic E-state index is -0.0579. The van der Waals surface area contributed by atoms with Gasteiger partial charge in [-0.15, -0.1) is 0 Å². The topological polar surface area (TPSA) is 20.2 Å². The first-order valence-electron chi connectivity index (χ1n) is 6.96. The standard InChI is InChI=1S/C15H28O/c1-10-6-8-11(9-7-10)12(16)13-14(2,3)15(13,4)5/h10-13,16H,6-9H2,1-5H3. The molecule has 94 valence electrons. The van der Waals surface area contributed by atoms with Crippen LogP contribution >= 0.6 is 0 Å². The fourth-order valence-electron chi connectivity index (χ4n) is 4.00. The van der Waals surface area contributed by atoms with Crippen molar-refractivity contribution in [2.24, 2.45) is 28.6 Å². The van der Waals surface area contributed by atoms with Crippen molar-refractivity contribution >= 4 is 0 Å². The highest BCUT2D eigenvalue weighted by atomic mass is 16.3. The van der Waals surface area contributed by atoms with Gasteiger partial charge in [-0.2, -0.15) is 0 Å². The van der Waals surface area contributed by atoms with Crippen molar-refractivity contribution in [3.05, 3.63) is 0 Å². The van der Waals surface area contributed by atoms with E-state index < -0.39 is 0 Å². The van der Waals surface area contributed by atoms with Crippen LogP contribution in [0.1, 0.15) is 60.3 Å². The molecule has 0 aliphatic heterocycles. The van der Waals surface area contributed by atoms with Crippen LogP contribution in [0.15, 0.2) is 0 Å². The first-order chi connectivity index (χ1) is 7.28. The molecule has 1 nitrogen and oxygen atoms in total. The van der Waals surface area contributed by atoms with Crippen LogP contribution in [0.25, 0.3) is 0 Å². The molecule has 2 aliphatic carbocycles. The molecule has 0 amide bonds. The maximum absolute atomic E-state index is 10.6. The second kappa shape index (κ2) is 3.73. The Bertz CT molecular complexity index is 245. The highest BCUT2D eigenvalue weighted by molar-refractivity contribution is 5.15. The van der Waals surface area contributed by atoms with E-state index in [0.717, 1.165) is 5.92 Å². The molecule has 0 radical (unpaired) electrons. The number of aliphatic hydroxyl groups is 1. The molecule has 16 heavy (non-hydrogen) atoms. The van der Waals surface area contributed by atoms with Gasteiger partial charge in [0.2, 0.25) is 0 Å². The van der Waals surface area contributed by atoms with Gasteiger partial charge in [-0.3, -0.25) is 0 Å². The summed E-state index contributed by atoms with van der Waals surface area (Å²) in [6, 6.07) is 0. The zero-order valence-corrected chi connectivity index (χ0v) is 11.6. The molecular weight excluding hydrogens is 196 g/mol. The molecule has 2 saturated carbocycles. The maximum atomic E-state index is 10.6. The minimum Gasteiger partial charge on any atom is -0.393 e. The summed E-state index contributed by atoms with van der Waals surface area (Å²) in [5.74, 6) is 1.96. The zero-order chi connectivity index (χ0) is 12.1. The molecule has 1 atom stereocenters. The number of aliphatic hydroxyl groups excluding tert-OH is 1. The first kappa shape index (κ1) is 12.4. The van der Waals surface area contributed by atoms with E-state index in [1.165, 1.54) is 25.7 Å². The van der Waals surface area contributed by atoms with Crippen LogP contribution in [-0.4, -0.2) is 11.2 Å². The smallest absolute Gasteiger partial charge is 0.0607 e. The van der Waals surface area contributed by atoms with E-state index in [2.05, 4.69) is 34.6 Å². The lowest BCUT2D eigenvalue weighted by atomic mass is 9.78. The molecule has 0 aromatic rings. The Morgan fingerprint density at radius 2 is 1.38 bits per heavy atom. The van der Waals surface area contributed by atoms with Crippen LogP contribution in [0.5, 0.6) is 0 Å². The third-order valence-corrected chi connectivity index (χ3v) is 6.02. The Kier molecular flexibility index (Phi) is 2.89. The van der Waals surface area contributed by atoms with Crippen LogP contribution in [0, 0.1) is 28.6 Å². The van der Waals surface area contributed by atoms with Gasteiger partial charge in [-0.1, -0.05) is 47.5 Å². The molecule has 0 aromatic carbocycles. The van der Waals surface area contributed by atoms with E-state index in [-0.39, 0.29) is 6.10 Å². The molecule has 1 N–H and O–H groups in total. The predicted octanol–water partition coefficient (Wildman–Crippen LogP) is 3.86. The number of hydrogen-bond acceptors (Lipinski definition) is 1. The number of rotatable bonds is 2. The molecule has 2 rings (SSSR count). The third kappa shape index (κ3) is 1.72. The summed E-state index contributed by atoms with van der Waals surface area (Å²) < 4.78 is 0. The van der Waals surface area contributed by atoms with Crippen LogP contribution in [0.4, 0.5) is 0 Å². The molecule has 1 unspecified atom stereocenters. The van der Waals surface area contributed by atoms with Crippen molar-refractivity contribution in [3.8, 4) is 0 Å². The fourth-order valence-corrected chi connectivity index (χ4v) is 4.00. The Balaban J connectivity index is 1.97. The quantitative estimate of drug-likeness (QED) is 0.755. The number of hydrogen-bond donors (Lipinski definition) is 1. The van der Waals surface area contributed by atoms with Gasteiger partial charge in [-0.05, 0) is 41.4 Å². The van der Waals surface area contributed by atoms with Crippen molar-refractivity contribution in [1.29, 1.82) is 0 Å². The van der Waals surface area contributed by atoms with Crippen LogP contribution in [0.2, 0.25) is 0 Å². The lowest BCUT2D eigenvalue weighted by molar-refractivity contribution is 0.0429. The van der Waals surface area contributed by atoms with Crippen LogP contribution in [-0.2, 0) is 0 Å². The average Bonchev–Trinajstić information content (AvgIpc) is 2.57. The molecule has 0 bridgehead atoms. The van der Waals surface area contributed by atoms with Gasteiger partial charge in [0.15, 0.2) is 0 Å². The second-order valence-electron chi connectivity index (χ2n) is 7.43. The predicted molar refractivity (Wildman–Crippen MR) is 68.2 cm³/mol. The molecule has 2 aliphatic rings. The van der Waals surface area contributed by atoms with Crippen LogP contribution < -0.4 is 0 Å². The van der Waals surface area contributed by atoms with E-state index >= 15 is 0 Å². The highest BCUT2D eigenvalue weighted by Gasteiger charge is 2.67. The second-order valence-corrected chi connectivity index (χ2v) is 7.43. The van der Waals surface area contributed by atoms with Crippen molar-refractivity contribution in [2.45, 2.75) is 66.4 Å². The monoisotopic (exact) mass is 224 g/mol. The molecule has 2 fully saturated rings. The Morgan fingerprint density at radius 1 is 0.938 bits per heavy atom. The van der Waals surface area contributed by atoms with Gasteiger partial charge in [0.25, 0.3) is 0 Å². The molecule has 1 heteroatoms. The van der Waals surface area contributed by atoms with Crippen molar-refractivity contribution in [3.63, 3.8) is 0 Å². The van der Waals surface area contributed by atoms with Gasteiger partial charge < -0.3 is 5.11 Å². The molecular formula is C15H28O. The lowest BCUT2D eigenvalue weighted by Crippen LogP contribution is -2.29. The third-order valence-electron chi connectivity index (χ3n) is 6.02. The largest absolute Gasteiger partial charge is 0.393 e. The Hall–Kier alpha value is -0.0400. The van der Waals surface area contributed by atoms with E-state index in [0.29, 0.717) is 22.7 Å². The Labute approximate surface area is 101 Å². The summed E-state index contributed by atoms with van der Waals surface area (Å²) in [5, 5.41) is 10.6. The summed E-state index contributed by atoms with van der Waals surface area (Å²) in [6.45, 7) is 11.6. The van der Waals surface area contributed by atoms with Gasteiger partial charge >= 0.3 is 0 Å². The van der Waals surface area contributed by atoms with E-state index in [1.54, 1.807) is 0 Å². The summed E-state index contributed by atoms with van der Waals surface area (Å²) in [5.41, 5.74) is 0.658. The molecule has 0 spiro atoms. The lowest BCUT2D eigenvalue weighted by Gasteiger charge is -2.31. The molecule has 0 heterocycles. The van der Waals surface area contributed by atoms with Gasteiger partial charge in [-0.25, -0.2) is 0 Å². The summed E-state index contributed by atoms with van der Waals surface area (Å²) in [7, 11) is 0. The van der Waals surface area contributed by atoms with Crippen molar-refractivity contribution in [1.82, 2.24) is 0 Å².